The summed E-state index contributed by atoms with van der Waals surface area (Å²) in [6, 6.07) is 0. The summed E-state index contributed by atoms with van der Waals surface area (Å²) in [4.78, 5) is 19.9. The van der Waals surface area contributed by atoms with Crippen LogP contribution in [0.5, 0.6) is 0 Å². The quantitative estimate of drug-likeness (QED) is 0.602. The molecule has 4 atom stereocenters. The number of hydrogen-bond acceptors (Lipinski definition) is 9. The lowest BCUT2D eigenvalue weighted by Gasteiger charge is -2.51. The molecule has 10 nitrogen and oxygen atoms in total. The molecule has 32 heavy (non-hydrogen) atoms. The lowest BCUT2D eigenvalue weighted by molar-refractivity contribution is -0.0604. The van der Waals surface area contributed by atoms with Crippen molar-refractivity contribution in [1.82, 2.24) is 14.5 Å². The van der Waals surface area contributed by atoms with E-state index >= 15 is 0 Å². The van der Waals surface area contributed by atoms with Crippen molar-refractivity contribution in [3.8, 4) is 0 Å². The first kappa shape index (κ1) is 25.5. The number of aliphatic hydroxyl groups excluding tert-OH is 1. The van der Waals surface area contributed by atoms with Gasteiger partial charge in [-0.1, -0.05) is 55.4 Å². The summed E-state index contributed by atoms with van der Waals surface area (Å²) < 4.78 is 27.9. The molecule has 182 valence electrons. The highest BCUT2D eigenvalue weighted by molar-refractivity contribution is 6.83. The van der Waals surface area contributed by atoms with Crippen molar-refractivity contribution < 1.29 is 22.8 Å². The lowest BCUT2D eigenvalue weighted by Crippen LogP contribution is -2.65. The van der Waals surface area contributed by atoms with E-state index in [1.54, 1.807) is 0 Å². The minimum Gasteiger partial charge on any atom is -0.414 e. The van der Waals surface area contributed by atoms with E-state index in [4.69, 9.17) is 23.4 Å². The van der Waals surface area contributed by atoms with E-state index in [0.717, 1.165) is 4.57 Å². The Morgan fingerprint density at radius 1 is 1.06 bits per heavy atom. The summed E-state index contributed by atoms with van der Waals surface area (Å²) in [5.41, 5.74) is 5.50. The molecule has 0 bridgehead atoms. The van der Waals surface area contributed by atoms with Crippen LogP contribution in [0.4, 0.5) is 5.95 Å². The topological polar surface area (TPSA) is 131 Å². The van der Waals surface area contributed by atoms with Gasteiger partial charge in [-0.25, -0.2) is 9.78 Å². The Labute approximate surface area is 191 Å². The van der Waals surface area contributed by atoms with Crippen LogP contribution in [0, 0.1) is 0 Å². The number of nitrogen functional groups attached to an aromatic ring is 1. The maximum absolute atomic E-state index is 12.4. The first-order chi connectivity index (χ1) is 14.9. The molecule has 2 fully saturated rings. The van der Waals surface area contributed by atoms with Crippen molar-refractivity contribution in [3.63, 3.8) is 0 Å². The predicted molar refractivity (Wildman–Crippen MR) is 124 cm³/mol. The number of nitrogens with two attached hydrogens (primary N) is 1. The molecule has 1 aromatic heterocycles. The van der Waals surface area contributed by atoms with Gasteiger partial charge < -0.3 is 28.5 Å². The fourth-order valence-corrected chi connectivity index (χ4v) is 16.1. The van der Waals surface area contributed by atoms with Crippen molar-refractivity contribution in [2.24, 2.45) is 0 Å². The third kappa shape index (κ3) is 4.21. The summed E-state index contributed by atoms with van der Waals surface area (Å²) >= 11 is 0. The third-order valence-corrected chi connectivity index (χ3v) is 16.9. The molecular formula is C20H38N4O6Si2. The van der Waals surface area contributed by atoms with Crippen LogP contribution in [0.25, 0.3) is 0 Å². The number of rotatable bonds is 5. The molecule has 0 unspecified atom stereocenters. The largest absolute Gasteiger partial charge is 0.414 e. The van der Waals surface area contributed by atoms with E-state index in [2.05, 4.69) is 65.4 Å². The van der Waals surface area contributed by atoms with E-state index in [1.807, 2.05) is 0 Å². The second-order valence-corrected chi connectivity index (χ2v) is 18.9. The summed E-state index contributed by atoms with van der Waals surface area (Å²) in [7, 11) is -5.62. The minimum atomic E-state index is -2.90. The normalized spacial score (nSPS) is 30.0. The van der Waals surface area contributed by atoms with Crippen molar-refractivity contribution in [3.05, 3.63) is 16.8 Å². The van der Waals surface area contributed by atoms with Gasteiger partial charge >= 0.3 is 22.8 Å². The van der Waals surface area contributed by atoms with Gasteiger partial charge in [0.25, 0.3) is 0 Å². The van der Waals surface area contributed by atoms with E-state index in [1.165, 1.54) is 6.33 Å². The van der Waals surface area contributed by atoms with Gasteiger partial charge in [0.15, 0.2) is 6.23 Å². The van der Waals surface area contributed by atoms with E-state index in [9.17, 15) is 9.90 Å². The Morgan fingerprint density at radius 3 is 2.12 bits per heavy atom. The van der Waals surface area contributed by atoms with Crippen molar-refractivity contribution in [1.29, 1.82) is 0 Å². The van der Waals surface area contributed by atoms with Crippen LogP contribution in [0.3, 0.4) is 0 Å². The number of nitrogens with zero attached hydrogens (tertiary/aromatic N) is 3. The standard InChI is InChI=1S/C20H38N4O6Si2/c1-11(2)31(12(3)4)27-9-15-17(29-32(30-31,13(5)6)14(7)8)16(25)18(28-15)24-10-22-19(21)23-20(24)26/h10-18,25H,9H2,1-8H3,(H2,21,23,26)/t15-,16-,17-,18-/m1/s1. The predicted octanol–water partition coefficient (Wildman–Crippen LogP) is 2.44. The molecule has 1 aromatic rings. The Hall–Kier alpha value is -1.16. The van der Waals surface area contributed by atoms with Crippen LogP contribution in [0.15, 0.2) is 11.1 Å². The van der Waals surface area contributed by atoms with Crippen LogP contribution in [0.1, 0.15) is 61.6 Å². The van der Waals surface area contributed by atoms with Crippen LogP contribution < -0.4 is 11.4 Å². The average molecular weight is 487 g/mol. The Kier molecular flexibility index (Phi) is 7.35. The first-order valence-corrected chi connectivity index (χ1v) is 15.4. The fraction of sp³-hybridized carbons (Fsp3) is 0.850. The zero-order valence-electron chi connectivity index (χ0n) is 20.3. The van der Waals surface area contributed by atoms with E-state index in [0.29, 0.717) is 0 Å². The summed E-state index contributed by atoms with van der Waals surface area (Å²) in [6.45, 7) is 17.2. The molecule has 2 saturated heterocycles. The molecule has 0 spiro atoms. The van der Waals surface area contributed by atoms with Crippen LogP contribution in [-0.4, -0.2) is 61.7 Å². The smallest absolute Gasteiger partial charge is 0.354 e. The molecule has 3 N–H and O–H groups in total. The van der Waals surface area contributed by atoms with Gasteiger partial charge in [-0.15, -0.1) is 0 Å². The lowest BCUT2D eigenvalue weighted by atomic mass is 10.1. The van der Waals surface area contributed by atoms with Crippen molar-refractivity contribution in [2.75, 3.05) is 12.3 Å². The summed E-state index contributed by atoms with van der Waals surface area (Å²) in [6.07, 6.45) is -2.13. The highest BCUT2D eigenvalue weighted by Gasteiger charge is 2.61. The number of aliphatic hydroxyl groups is 1. The van der Waals surface area contributed by atoms with Gasteiger partial charge in [-0.05, 0) is 22.2 Å². The maximum atomic E-state index is 12.4. The van der Waals surface area contributed by atoms with Crippen LogP contribution in [-0.2, 0) is 17.7 Å². The van der Waals surface area contributed by atoms with Gasteiger partial charge in [0.05, 0.1) is 6.61 Å². The monoisotopic (exact) mass is 486 g/mol. The molecular weight excluding hydrogens is 448 g/mol. The number of fused-ring (bicyclic) bond motifs is 1. The number of ether oxygens (including phenoxy) is 1. The molecule has 2 aliphatic rings. The number of hydrogen-bond donors (Lipinski definition) is 2. The van der Waals surface area contributed by atoms with Gasteiger partial charge in [0, 0.05) is 0 Å². The molecule has 12 heteroatoms. The van der Waals surface area contributed by atoms with Gasteiger partial charge in [-0.2, -0.15) is 4.98 Å². The molecule has 0 radical (unpaired) electrons. The highest BCUT2D eigenvalue weighted by Crippen LogP contribution is 2.48. The molecule has 0 aromatic carbocycles. The molecule has 0 amide bonds. The molecule has 0 saturated carbocycles. The maximum Gasteiger partial charge on any atom is 0.354 e. The zero-order valence-corrected chi connectivity index (χ0v) is 22.3. The molecule has 3 rings (SSSR count). The fourth-order valence-electron chi connectivity index (χ4n) is 4.90. The second kappa shape index (κ2) is 9.24. The van der Waals surface area contributed by atoms with E-state index in [-0.39, 0.29) is 34.7 Å². The van der Waals surface area contributed by atoms with Gasteiger partial charge in [0.1, 0.15) is 24.6 Å². The van der Waals surface area contributed by atoms with Crippen molar-refractivity contribution >= 4 is 23.1 Å². The highest BCUT2D eigenvalue weighted by atomic mass is 28.5. The average Bonchev–Trinajstić information content (AvgIpc) is 2.96. The van der Waals surface area contributed by atoms with E-state index < -0.39 is 47.4 Å². The summed E-state index contributed by atoms with van der Waals surface area (Å²) in [5, 5.41) is 11.2. The zero-order chi connectivity index (χ0) is 24.0. The van der Waals surface area contributed by atoms with Gasteiger partial charge in [-0.3, -0.25) is 4.57 Å². The van der Waals surface area contributed by atoms with Crippen LogP contribution >= 0.6 is 0 Å². The Bertz CT molecular complexity index is 849. The Balaban J connectivity index is 2.07. The number of anilines is 1. The SMILES string of the molecule is CC(C)[Si]1(C(C)C)OC[C@H]2O[C@@H](n3cnc(N)nc3=O)[C@H](O)[C@@H]2O[Si](C(C)C)(C(C)C)O1. The third-order valence-electron chi connectivity index (χ3n) is 6.66. The summed E-state index contributed by atoms with van der Waals surface area (Å²) in [5.74, 6) is -0.131. The minimum absolute atomic E-state index is 0.114. The van der Waals surface area contributed by atoms with Crippen molar-refractivity contribution in [2.45, 2.75) is 102 Å². The first-order valence-electron chi connectivity index (χ1n) is 11.4. The van der Waals surface area contributed by atoms with Crippen LogP contribution in [0.2, 0.25) is 22.2 Å². The molecule has 3 heterocycles. The van der Waals surface area contributed by atoms with Gasteiger partial charge in [0.2, 0.25) is 5.95 Å². The molecule has 2 aliphatic heterocycles. The second-order valence-electron chi connectivity index (χ2n) is 10.0. The Morgan fingerprint density at radius 2 is 1.62 bits per heavy atom. The molecule has 0 aliphatic carbocycles. The number of aromatic nitrogens is 3.